The van der Waals surface area contributed by atoms with Crippen LogP contribution in [-0.2, 0) is 9.47 Å². The summed E-state index contributed by atoms with van der Waals surface area (Å²) in [4.78, 5) is 0. The van der Waals surface area contributed by atoms with E-state index in [1.54, 1.807) is 6.92 Å². The van der Waals surface area contributed by atoms with Crippen LogP contribution in [0.2, 0.25) is 0 Å². The van der Waals surface area contributed by atoms with Crippen molar-refractivity contribution in [3.8, 4) is 0 Å². The SMILES string of the molecule is CCO[C@H]1O[C@H](CO)[C@@H](O)[C@H](O)[C@@H]1O. The normalized spacial score (nSPS) is 43.9. The van der Waals surface area contributed by atoms with E-state index in [0.717, 1.165) is 0 Å². The van der Waals surface area contributed by atoms with Crippen LogP contribution in [0.15, 0.2) is 0 Å². The zero-order valence-corrected chi connectivity index (χ0v) is 7.91. The third-order valence-electron chi connectivity index (χ3n) is 2.18. The quantitative estimate of drug-likeness (QED) is 0.421. The van der Waals surface area contributed by atoms with Crippen molar-refractivity contribution in [2.75, 3.05) is 13.2 Å². The van der Waals surface area contributed by atoms with Gasteiger partial charge in [-0.3, -0.25) is 0 Å². The van der Waals surface area contributed by atoms with Crippen LogP contribution in [-0.4, -0.2) is 64.3 Å². The van der Waals surface area contributed by atoms with Gasteiger partial charge in [-0.25, -0.2) is 0 Å². The Bertz CT molecular complexity index is 171. The summed E-state index contributed by atoms with van der Waals surface area (Å²) in [6.45, 7) is 1.58. The van der Waals surface area contributed by atoms with Gasteiger partial charge in [-0.2, -0.15) is 0 Å². The number of aliphatic hydroxyl groups is 4. The first kappa shape index (κ1) is 11.8. The lowest BCUT2D eigenvalue weighted by Gasteiger charge is -2.39. The Hall–Kier alpha value is -0.240. The van der Waals surface area contributed by atoms with E-state index in [1.165, 1.54) is 0 Å². The molecule has 14 heavy (non-hydrogen) atoms. The first-order valence-corrected chi connectivity index (χ1v) is 4.54. The van der Waals surface area contributed by atoms with Gasteiger partial charge in [0.1, 0.15) is 24.4 Å². The molecule has 0 bridgehead atoms. The van der Waals surface area contributed by atoms with Crippen molar-refractivity contribution in [2.45, 2.75) is 37.6 Å². The van der Waals surface area contributed by atoms with Crippen LogP contribution < -0.4 is 0 Å². The number of ether oxygens (including phenoxy) is 2. The lowest BCUT2D eigenvalue weighted by molar-refractivity contribution is -0.300. The molecule has 6 nitrogen and oxygen atoms in total. The van der Waals surface area contributed by atoms with Crippen LogP contribution in [0.25, 0.3) is 0 Å². The van der Waals surface area contributed by atoms with Gasteiger partial charge in [-0.15, -0.1) is 0 Å². The maximum atomic E-state index is 9.41. The van der Waals surface area contributed by atoms with Crippen LogP contribution >= 0.6 is 0 Å². The summed E-state index contributed by atoms with van der Waals surface area (Å²) < 4.78 is 10.0. The predicted molar refractivity (Wildman–Crippen MR) is 45.4 cm³/mol. The van der Waals surface area contributed by atoms with Crippen LogP contribution in [0.5, 0.6) is 0 Å². The molecule has 0 saturated carbocycles. The Balaban J connectivity index is 2.63. The molecule has 0 amide bonds. The number of rotatable bonds is 3. The largest absolute Gasteiger partial charge is 0.394 e. The fraction of sp³-hybridized carbons (Fsp3) is 1.00. The van der Waals surface area contributed by atoms with E-state index in [1.807, 2.05) is 0 Å². The van der Waals surface area contributed by atoms with Gasteiger partial charge in [-0.1, -0.05) is 0 Å². The van der Waals surface area contributed by atoms with Crippen LogP contribution in [0.1, 0.15) is 6.92 Å². The highest BCUT2D eigenvalue weighted by molar-refractivity contribution is 4.88. The molecule has 5 atom stereocenters. The van der Waals surface area contributed by atoms with E-state index in [4.69, 9.17) is 14.6 Å². The molecule has 1 fully saturated rings. The van der Waals surface area contributed by atoms with Gasteiger partial charge in [0.15, 0.2) is 6.29 Å². The first-order valence-electron chi connectivity index (χ1n) is 4.54. The van der Waals surface area contributed by atoms with Crippen molar-refractivity contribution >= 4 is 0 Å². The fourth-order valence-corrected chi connectivity index (χ4v) is 1.37. The number of hydrogen-bond acceptors (Lipinski definition) is 6. The summed E-state index contributed by atoms with van der Waals surface area (Å²) in [5.74, 6) is 0. The third-order valence-corrected chi connectivity index (χ3v) is 2.18. The van der Waals surface area contributed by atoms with E-state index >= 15 is 0 Å². The highest BCUT2D eigenvalue weighted by atomic mass is 16.7. The van der Waals surface area contributed by atoms with E-state index in [2.05, 4.69) is 0 Å². The molecule has 1 saturated heterocycles. The molecule has 0 aliphatic carbocycles. The van der Waals surface area contributed by atoms with Crippen molar-refractivity contribution < 1.29 is 29.9 Å². The molecule has 1 rings (SSSR count). The summed E-state index contributed by atoms with van der Waals surface area (Å²) in [5, 5.41) is 36.9. The van der Waals surface area contributed by atoms with Crippen LogP contribution in [0.3, 0.4) is 0 Å². The summed E-state index contributed by atoms with van der Waals surface area (Å²) >= 11 is 0. The summed E-state index contributed by atoms with van der Waals surface area (Å²) in [7, 11) is 0. The van der Waals surface area contributed by atoms with Gasteiger partial charge in [0.05, 0.1) is 6.61 Å². The van der Waals surface area contributed by atoms with Crippen molar-refractivity contribution in [1.82, 2.24) is 0 Å². The van der Waals surface area contributed by atoms with Crippen LogP contribution in [0.4, 0.5) is 0 Å². The smallest absolute Gasteiger partial charge is 0.186 e. The minimum atomic E-state index is -1.36. The second-order valence-corrected chi connectivity index (χ2v) is 3.15. The van der Waals surface area contributed by atoms with Gasteiger partial charge in [-0.05, 0) is 6.92 Å². The monoisotopic (exact) mass is 208 g/mol. The minimum absolute atomic E-state index is 0.308. The fourth-order valence-electron chi connectivity index (χ4n) is 1.37. The molecule has 1 heterocycles. The van der Waals surface area contributed by atoms with Crippen molar-refractivity contribution in [2.24, 2.45) is 0 Å². The Morgan fingerprint density at radius 2 is 1.79 bits per heavy atom. The van der Waals surface area contributed by atoms with Crippen molar-refractivity contribution in [3.63, 3.8) is 0 Å². The summed E-state index contributed by atoms with van der Waals surface area (Å²) in [5.41, 5.74) is 0. The summed E-state index contributed by atoms with van der Waals surface area (Å²) in [6.07, 6.45) is -5.89. The molecular formula is C8H16O6. The van der Waals surface area contributed by atoms with Gasteiger partial charge in [0.2, 0.25) is 0 Å². The first-order chi connectivity index (χ1) is 6.61. The topological polar surface area (TPSA) is 99.4 Å². The lowest BCUT2D eigenvalue weighted by Crippen LogP contribution is -2.59. The van der Waals surface area contributed by atoms with Crippen molar-refractivity contribution in [3.05, 3.63) is 0 Å². The average Bonchev–Trinajstić information content (AvgIpc) is 2.19. The highest BCUT2D eigenvalue weighted by Gasteiger charge is 2.43. The van der Waals surface area contributed by atoms with Crippen molar-refractivity contribution in [1.29, 1.82) is 0 Å². The number of hydrogen-bond donors (Lipinski definition) is 4. The Morgan fingerprint density at radius 1 is 1.14 bits per heavy atom. The molecule has 0 unspecified atom stereocenters. The molecule has 1 aliphatic rings. The molecule has 4 N–H and O–H groups in total. The highest BCUT2D eigenvalue weighted by Crippen LogP contribution is 2.21. The maximum Gasteiger partial charge on any atom is 0.186 e. The lowest BCUT2D eigenvalue weighted by atomic mass is 9.99. The molecular weight excluding hydrogens is 192 g/mol. The second kappa shape index (κ2) is 5.01. The van der Waals surface area contributed by atoms with Gasteiger partial charge in [0.25, 0.3) is 0 Å². The Kier molecular flexibility index (Phi) is 4.24. The van der Waals surface area contributed by atoms with E-state index in [9.17, 15) is 15.3 Å². The Labute approximate surface area is 81.7 Å². The van der Waals surface area contributed by atoms with Gasteiger partial charge in [0, 0.05) is 6.61 Å². The molecule has 6 heteroatoms. The third kappa shape index (κ3) is 2.22. The van der Waals surface area contributed by atoms with Crippen LogP contribution in [0, 0.1) is 0 Å². The van der Waals surface area contributed by atoms with E-state index in [-0.39, 0.29) is 0 Å². The number of aliphatic hydroxyl groups excluding tert-OH is 4. The molecule has 0 aromatic carbocycles. The molecule has 0 radical (unpaired) electrons. The standard InChI is InChI=1S/C8H16O6/c1-2-13-8-7(12)6(11)5(10)4(3-9)14-8/h4-12H,2-3H2,1H3/t4-,5-,6+,7+,8+/m1/s1. The molecule has 1 aliphatic heterocycles. The van der Waals surface area contributed by atoms with E-state index in [0.29, 0.717) is 6.61 Å². The molecule has 0 aromatic heterocycles. The summed E-state index contributed by atoms with van der Waals surface area (Å²) in [6, 6.07) is 0. The van der Waals surface area contributed by atoms with Gasteiger partial charge < -0.3 is 29.9 Å². The average molecular weight is 208 g/mol. The molecule has 0 spiro atoms. The second-order valence-electron chi connectivity index (χ2n) is 3.15. The molecule has 0 aromatic rings. The van der Waals surface area contributed by atoms with E-state index < -0.39 is 37.3 Å². The predicted octanol–water partition coefficient (Wildman–Crippen LogP) is -2.18. The minimum Gasteiger partial charge on any atom is -0.394 e. The molecule has 84 valence electrons. The van der Waals surface area contributed by atoms with Gasteiger partial charge >= 0.3 is 0 Å². The zero-order chi connectivity index (χ0) is 10.7. The Morgan fingerprint density at radius 3 is 2.29 bits per heavy atom. The zero-order valence-electron chi connectivity index (χ0n) is 7.91. The maximum absolute atomic E-state index is 9.41.